The van der Waals surface area contributed by atoms with Crippen molar-refractivity contribution in [3.05, 3.63) is 0 Å². The Hall–Kier alpha value is -0.0900. The maximum Gasteiger partial charge on any atom is 0.215 e. The third kappa shape index (κ3) is 4.01. The van der Waals surface area contributed by atoms with Crippen LogP contribution in [0.2, 0.25) is 0 Å². The van der Waals surface area contributed by atoms with Gasteiger partial charge in [-0.15, -0.1) is 0 Å². The number of nitrogens with one attached hydrogen (secondary N) is 1. The summed E-state index contributed by atoms with van der Waals surface area (Å²) in [5.41, 5.74) is -2.72. The maximum absolute atomic E-state index is 14.4. The molecule has 2 atom stereocenters. The molecular weight excluding hydrogens is 414 g/mol. The van der Waals surface area contributed by atoms with Gasteiger partial charge in [-0.05, 0) is 38.4 Å². The number of hydrogen-bond acceptors (Lipinski definition) is 2. The third-order valence-corrected chi connectivity index (χ3v) is 10.6. The molecule has 192 valence electrons. The van der Waals surface area contributed by atoms with Crippen LogP contribution >= 0.6 is 0 Å². The lowest BCUT2D eigenvalue weighted by Gasteiger charge is -2.78. The van der Waals surface area contributed by atoms with E-state index in [1.165, 1.54) is 0 Å². The van der Waals surface area contributed by atoms with Crippen LogP contribution in [0.5, 0.6) is 0 Å². The normalized spacial score (nSPS) is 27.3. The van der Waals surface area contributed by atoms with E-state index in [1.54, 1.807) is 0 Å². The van der Waals surface area contributed by atoms with Gasteiger partial charge in [-0.1, -0.05) is 125 Å². The van der Waals surface area contributed by atoms with Gasteiger partial charge in [-0.25, -0.2) is 13.1 Å². The Kier molecular flexibility index (Phi) is 6.97. The molecule has 0 radical (unpaired) electrons. The van der Waals surface area contributed by atoms with E-state index in [9.17, 15) is 8.42 Å². The van der Waals surface area contributed by atoms with Crippen molar-refractivity contribution in [2.75, 3.05) is 0 Å². The fourth-order valence-electron chi connectivity index (χ4n) is 8.86. The summed E-state index contributed by atoms with van der Waals surface area (Å²) in [4.78, 5) is 0. The third-order valence-electron chi connectivity index (χ3n) is 8.39. The van der Waals surface area contributed by atoms with Crippen molar-refractivity contribution in [1.82, 2.24) is 4.72 Å². The number of sulfonamides is 1. The minimum absolute atomic E-state index is 0.0697. The van der Waals surface area contributed by atoms with Crippen molar-refractivity contribution in [2.24, 2.45) is 43.8 Å². The van der Waals surface area contributed by atoms with Crippen molar-refractivity contribution in [2.45, 2.75) is 135 Å². The fraction of sp³-hybridized carbons (Fsp3) is 1.00. The number of hydrogen-bond donors (Lipinski definition) is 1. The van der Waals surface area contributed by atoms with E-state index in [2.05, 4.69) is 129 Å². The first-order chi connectivity index (χ1) is 13.4. The van der Waals surface area contributed by atoms with Gasteiger partial charge in [0.25, 0.3) is 0 Å². The maximum atomic E-state index is 14.4. The Bertz CT molecular complexity index is 766. The predicted molar refractivity (Wildman–Crippen MR) is 141 cm³/mol. The van der Waals surface area contributed by atoms with E-state index in [1.807, 2.05) is 0 Å². The molecule has 0 aromatic carbocycles. The molecule has 4 heteroatoms. The first-order valence-electron chi connectivity index (χ1n) is 12.5. The monoisotopic (exact) mass is 471 g/mol. The molecule has 1 rings (SSSR count). The predicted octanol–water partition coefficient (Wildman–Crippen LogP) is 7.91. The summed E-state index contributed by atoms with van der Waals surface area (Å²) in [6.07, 6.45) is 0. The lowest BCUT2D eigenvalue weighted by atomic mass is 9.31. The Morgan fingerprint density at radius 1 is 0.531 bits per heavy atom. The van der Waals surface area contributed by atoms with Crippen LogP contribution in [0.15, 0.2) is 0 Å². The molecule has 2 unspecified atom stereocenters. The zero-order valence-corrected chi connectivity index (χ0v) is 25.7. The molecule has 0 spiro atoms. The van der Waals surface area contributed by atoms with E-state index in [0.29, 0.717) is 0 Å². The standard InChI is InChI=1S/C28H57NO2S/c1-21(2,3)19-20(22(4,5)6)32(30,31)29-28(25(13,14)15,26(16,17)18)27(19,23(7,8)9)24(10,11)12/h19-20,29H,1-18H3. The van der Waals surface area contributed by atoms with E-state index < -0.39 is 26.2 Å². The van der Waals surface area contributed by atoms with Gasteiger partial charge in [0.05, 0.1) is 5.25 Å². The van der Waals surface area contributed by atoms with Crippen LogP contribution in [0.3, 0.4) is 0 Å². The van der Waals surface area contributed by atoms with Crippen molar-refractivity contribution >= 4 is 10.0 Å². The van der Waals surface area contributed by atoms with E-state index in [-0.39, 0.29) is 38.4 Å². The molecule has 0 aliphatic carbocycles. The second kappa shape index (κ2) is 7.45. The largest absolute Gasteiger partial charge is 0.215 e. The molecular formula is C28H57NO2S. The minimum Gasteiger partial charge on any atom is -0.212 e. The molecule has 0 saturated carbocycles. The molecule has 1 saturated heterocycles. The van der Waals surface area contributed by atoms with Gasteiger partial charge in [0.1, 0.15) is 0 Å². The van der Waals surface area contributed by atoms with Gasteiger partial charge in [0.2, 0.25) is 10.0 Å². The highest BCUT2D eigenvalue weighted by Gasteiger charge is 2.79. The van der Waals surface area contributed by atoms with Crippen LogP contribution < -0.4 is 4.72 Å². The average molecular weight is 472 g/mol. The lowest BCUT2D eigenvalue weighted by Crippen LogP contribution is -2.86. The molecule has 0 aromatic rings. The summed E-state index contributed by atoms with van der Waals surface area (Å²) in [6.45, 7) is 40.6. The summed E-state index contributed by atoms with van der Waals surface area (Å²) in [6, 6.07) is 0. The molecule has 32 heavy (non-hydrogen) atoms. The molecule has 1 aliphatic heterocycles. The van der Waals surface area contributed by atoms with E-state index >= 15 is 0 Å². The fourth-order valence-corrected chi connectivity index (χ4v) is 12.1. The Morgan fingerprint density at radius 2 is 0.844 bits per heavy atom. The van der Waals surface area contributed by atoms with Crippen LogP contribution in [-0.4, -0.2) is 19.2 Å². The van der Waals surface area contributed by atoms with E-state index in [4.69, 9.17) is 0 Å². The van der Waals surface area contributed by atoms with Gasteiger partial charge in [0.15, 0.2) is 0 Å². The van der Waals surface area contributed by atoms with Crippen LogP contribution in [0, 0.1) is 43.8 Å². The van der Waals surface area contributed by atoms with Crippen LogP contribution in [0.1, 0.15) is 125 Å². The Morgan fingerprint density at radius 3 is 1.03 bits per heavy atom. The van der Waals surface area contributed by atoms with Crippen molar-refractivity contribution in [3.63, 3.8) is 0 Å². The highest BCUT2D eigenvalue weighted by atomic mass is 32.2. The van der Waals surface area contributed by atoms with Crippen molar-refractivity contribution in [1.29, 1.82) is 0 Å². The molecule has 0 amide bonds. The smallest absolute Gasteiger partial charge is 0.212 e. The van der Waals surface area contributed by atoms with Crippen LogP contribution in [0.25, 0.3) is 0 Å². The Labute approximate surface area is 202 Å². The zero-order chi connectivity index (χ0) is 26.4. The summed E-state index contributed by atoms with van der Waals surface area (Å²) in [7, 11) is -3.63. The molecule has 0 bridgehead atoms. The first-order valence-corrected chi connectivity index (χ1v) is 14.0. The van der Waals surface area contributed by atoms with Gasteiger partial charge in [0, 0.05) is 11.0 Å². The van der Waals surface area contributed by atoms with Gasteiger partial charge in [-0.2, -0.15) is 0 Å². The average Bonchev–Trinajstić information content (AvgIpc) is 2.36. The molecule has 1 fully saturated rings. The Balaban J connectivity index is 4.72. The summed E-state index contributed by atoms with van der Waals surface area (Å²) in [5, 5.41) is -0.508. The second-order valence-electron chi connectivity index (χ2n) is 16.8. The molecule has 0 aromatic heterocycles. The SMILES string of the molecule is CC(C)(C)C1C(C(C)(C)C)S(=O)(=O)NC(C(C)(C)C)(C(C)(C)C)C1(C(C)(C)C)C(C)(C)C. The summed E-state index contributed by atoms with van der Waals surface area (Å²) >= 11 is 0. The quantitative estimate of drug-likeness (QED) is 0.390. The molecule has 1 N–H and O–H groups in total. The van der Waals surface area contributed by atoms with Gasteiger partial charge < -0.3 is 0 Å². The summed E-state index contributed by atoms with van der Waals surface area (Å²) < 4.78 is 32.4. The first kappa shape index (κ1) is 29.9. The molecule has 3 nitrogen and oxygen atoms in total. The lowest BCUT2D eigenvalue weighted by molar-refractivity contribution is -0.250. The highest BCUT2D eigenvalue weighted by molar-refractivity contribution is 7.90. The second-order valence-corrected chi connectivity index (χ2v) is 18.6. The molecule has 1 aliphatic rings. The zero-order valence-electron chi connectivity index (χ0n) is 24.9. The molecule has 1 heterocycles. The van der Waals surface area contributed by atoms with Crippen molar-refractivity contribution < 1.29 is 8.42 Å². The topological polar surface area (TPSA) is 46.2 Å². The van der Waals surface area contributed by atoms with Gasteiger partial charge >= 0.3 is 0 Å². The van der Waals surface area contributed by atoms with Gasteiger partial charge in [-0.3, -0.25) is 0 Å². The highest BCUT2D eigenvalue weighted by Crippen LogP contribution is 2.75. The van der Waals surface area contributed by atoms with Crippen LogP contribution in [-0.2, 0) is 10.0 Å². The minimum atomic E-state index is -3.63. The van der Waals surface area contributed by atoms with Crippen molar-refractivity contribution in [3.8, 4) is 0 Å². The van der Waals surface area contributed by atoms with E-state index in [0.717, 1.165) is 0 Å². The summed E-state index contributed by atoms with van der Waals surface area (Å²) in [5.74, 6) is -0.0697. The number of rotatable bonds is 0. The van der Waals surface area contributed by atoms with Crippen LogP contribution in [0.4, 0.5) is 0 Å².